The molecule has 0 aliphatic heterocycles. The predicted octanol–water partition coefficient (Wildman–Crippen LogP) is 1.49. The molecule has 1 unspecified atom stereocenters. The summed E-state index contributed by atoms with van der Waals surface area (Å²) in [6.07, 6.45) is 1.21. The zero-order chi connectivity index (χ0) is 14.5. The van der Waals surface area contributed by atoms with Crippen LogP contribution in [0.4, 0.5) is 0 Å². The van der Waals surface area contributed by atoms with Crippen LogP contribution in [0.5, 0.6) is 5.75 Å². The Labute approximate surface area is 115 Å². The summed E-state index contributed by atoms with van der Waals surface area (Å²) in [4.78, 5) is 0. The van der Waals surface area contributed by atoms with Crippen LogP contribution >= 0.6 is 0 Å². The summed E-state index contributed by atoms with van der Waals surface area (Å²) in [5.74, 6) is 0.713. The summed E-state index contributed by atoms with van der Waals surface area (Å²) in [6, 6.07) is 7.16. The highest BCUT2D eigenvalue weighted by atomic mass is 32.2. The Bertz CT molecular complexity index is 501. The van der Waals surface area contributed by atoms with Crippen LogP contribution in [0.25, 0.3) is 0 Å². The molecule has 6 heteroatoms. The lowest BCUT2D eigenvalue weighted by Crippen LogP contribution is -2.39. The Balaban J connectivity index is 2.94. The highest BCUT2D eigenvalue weighted by Crippen LogP contribution is 2.17. The molecule has 0 saturated heterocycles. The maximum absolute atomic E-state index is 11.8. The average Bonchev–Trinajstić information content (AvgIpc) is 2.35. The minimum atomic E-state index is -3.29. The first-order chi connectivity index (χ1) is 8.88. The minimum Gasteiger partial charge on any atom is -0.497 e. The van der Waals surface area contributed by atoms with Gasteiger partial charge in [-0.1, -0.05) is 12.1 Å². The van der Waals surface area contributed by atoms with Crippen LogP contribution in [-0.4, -0.2) is 45.8 Å². The van der Waals surface area contributed by atoms with Crippen LogP contribution in [0.15, 0.2) is 24.3 Å². The Kier molecular flexibility index (Phi) is 5.78. The molecule has 19 heavy (non-hydrogen) atoms. The van der Waals surface area contributed by atoms with Gasteiger partial charge in [0.25, 0.3) is 0 Å². The average molecular weight is 287 g/mol. The molecule has 1 rings (SSSR count). The molecule has 0 N–H and O–H groups in total. The predicted molar refractivity (Wildman–Crippen MR) is 74.7 cm³/mol. The van der Waals surface area contributed by atoms with Crippen LogP contribution < -0.4 is 4.74 Å². The Hall–Kier alpha value is -1.11. The van der Waals surface area contributed by atoms with Crippen molar-refractivity contribution in [1.82, 2.24) is 4.31 Å². The molecule has 0 heterocycles. The van der Waals surface area contributed by atoms with Gasteiger partial charge < -0.3 is 9.47 Å². The molecular weight excluding hydrogens is 266 g/mol. The SMILES string of the molecule is COCC(C)N(Cc1cccc(OC)c1)S(C)(=O)=O. The van der Waals surface area contributed by atoms with Gasteiger partial charge in [-0.25, -0.2) is 8.42 Å². The molecule has 1 aromatic rings. The second kappa shape index (κ2) is 6.88. The van der Waals surface area contributed by atoms with Crippen LogP contribution in [-0.2, 0) is 21.3 Å². The van der Waals surface area contributed by atoms with E-state index in [2.05, 4.69) is 0 Å². The van der Waals surface area contributed by atoms with Crippen LogP contribution in [0.1, 0.15) is 12.5 Å². The highest BCUT2D eigenvalue weighted by Gasteiger charge is 2.23. The van der Waals surface area contributed by atoms with Crippen LogP contribution in [0, 0.1) is 0 Å². The van der Waals surface area contributed by atoms with Crippen molar-refractivity contribution in [3.63, 3.8) is 0 Å². The third-order valence-corrected chi connectivity index (χ3v) is 4.14. The van der Waals surface area contributed by atoms with Gasteiger partial charge in [-0.15, -0.1) is 0 Å². The molecule has 0 aliphatic rings. The first kappa shape index (κ1) is 15.9. The van der Waals surface area contributed by atoms with Crippen LogP contribution in [0.3, 0.4) is 0 Å². The molecule has 5 nitrogen and oxygen atoms in total. The van der Waals surface area contributed by atoms with Crippen molar-refractivity contribution in [2.75, 3.05) is 27.1 Å². The molecule has 0 aliphatic carbocycles. The third kappa shape index (κ3) is 4.81. The van der Waals surface area contributed by atoms with E-state index < -0.39 is 10.0 Å². The fourth-order valence-corrected chi connectivity index (χ4v) is 2.97. The van der Waals surface area contributed by atoms with Gasteiger partial charge in [0.2, 0.25) is 10.0 Å². The Morgan fingerprint density at radius 2 is 2.00 bits per heavy atom. The van der Waals surface area contributed by atoms with Gasteiger partial charge in [0.05, 0.1) is 20.0 Å². The van der Waals surface area contributed by atoms with Crippen molar-refractivity contribution in [2.45, 2.75) is 19.5 Å². The standard InChI is InChI=1S/C13H21NO4S/c1-11(10-17-2)14(19(4,15)16)9-12-6-5-7-13(8-12)18-3/h5-8,11H,9-10H2,1-4H3. The molecule has 0 amide bonds. The Morgan fingerprint density at radius 1 is 1.32 bits per heavy atom. The van der Waals surface area contributed by atoms with Gasteiger partial charge in [0, 0.05) is 19.7 Å². The number of rotatable bonds is 7. The van der Waals surface area contributed by atoms with E-state index in [4.69, 9.17) is 9.47 Å². The van der Waals surface area contributed by atoms with E-state index in [1.807, 2.05) is 31.2 Å². The monoisotopic (exact) mass is 287 g/mol. The lowest BCUT2D eigenvalue weighted by molar-refractivity contribution is 0.138. The number of ether oxygens (including phenoxy) is 2. The molecule has 1 aromatic carbocycles. The molecular formula is C13H21NO4S. The second-order valence-electron chi connectivity index (χ2n) is 4.46. The van der Waals surface area contributed by atoms with Crippen molar-refractivity contribution in [2.24, 2.45) is 0 Å². The number of hydrogen-bond donors (Lipinski definition) is 0. The largest absolute Gasteiger partial charge is 0.497 e. The summed E-state index contributed by atoms with van der Waals surface area (Å²) in [6.45, 7) is 2.49. The topological polar surface area (TPSA) is 55.8 Å². The van der Waals surface area contributed by atoms with Gasteiger partial charge in [0.1, 0.15) is 5.75 Å². The van der Waals surface area contributed by atoms with E-state index in [0.717, 1.165) is 5.56 Å². The van der Waals surface area contributed by atoms with E-state index in [-0.39, 0.29) is 6.04 Å². The van der Waals surface area contributed by atoms with Gasteiger partial charge in [-0.2, -0.15) is 4.31 Å². The molecule has 1 atom stereocenters. The van der Waals surface area contributed by atoms with E-state index in [1.165, 1.54) is 10.6 Å². The first-order valence-corrected chi connectivity index (χ1v) is 7.82. The summed E-state index contributed by atoms with van der Waals surface area (Å²) in [5.41, 5.74) is 0.882. The van der Waals surface area contributed by atoms with Crippen LogP contribution in [0.2, 0.25) is 0 Å². The first-order valence-electron chi connectivity index (χ1n) is 5.97. The molecule has 0 aromatic heterocycles. The quantitative estimate of drug-likeness (QED) is 0.762. The number of methoxy groups -OCH3 is 2. The molecule has 108 valence electrons. The molecule has 0 radical (unpaired) electrons. The summed E-state index contributed by atoms with van der Waals surface area (Å²) < 4.78 is 35.3. The van der Waals surface area contributed by atoms with Crippen molar-refractivity contribution in [3.05, 3.63) is 29.8 Å². The normalized spacial score (nSPS) is 13.5. The van der Waals surface area contributed by atoms with Gasteiger partial charge in [0.15, 0.2) is 0 Å². The maximum Gasteiger partial charge on any atom is 0.211 e. The van der Waals surface area contributed by atoms with E-state index >= 15 is 0 Å². The molecule has 0 fully saturated rings. The summed E-state index contributed by atoms with van der Waals surface area (Å²) in [5, 5.41) is 0. The van der Waals surface area contributed by atoms with Crippen molar-refractivity contribution < 1.29 is 17.9 Å². The number of sulfonamides is 1. The fraction of sp³-hybridized carbons (Fsp3) is 0.538. The maximum atomic E-state index is 11.8. The number of hydrogen-bond acceptors (Lipinski definition) is 4. The third-order valence-electron chi connectivity index (χ3n) is 2.80. The fourth-order valence-electron chi connectivity index (χ4n) is 1.88. The van der Waals surface area contributed by atoms with Crippen molar-refractivity contribution in [1.29, 1.82) is 0 Å². The molecule has 0 saturated carbocycles. The molecule has 0 spiro atoms. The zero-order valence-corrected chi connectivity index (χ0v) is 12.6. The van der Waals surface area contributed by atoms with E-state index in [1.54, 1.807) is 14.2 Å². The van der Waals surface area contributed by atoms with Gasteiger partial charge >= 0.3 is 0 Å². The van der Waals surface area contributed by atoms with Gasteiger partial charge in [-0.05, 0) is 24.6 Å². The second-order valence-corrected chi connectivity index (χ2v) is 6.40. The molecule has 0 bridgehead atoms. The number of benzene rings is 1. The minimum absolute atomic E-state index is 0.216. The van der Waals surface area contributed by atoms with Crippen molar-refractivity contribution in [3.8, 4) is 5.75 Å². The number of nitrogens with zero attached hydrogens (tertiary/aromatic N) is 1. The lowest BCUT2D eigenvalue weighted by Gasteiger charge is -2.26. The van der Waals surface area contributed by atoms with E-state index in [9.17, 15) is 8.42 Å². The van der Waals surface area contributed by atoms with Gasteiger partial charge in [-0.3, -0.25) is 0 Å². The highest BCUT2D eigenvalue weighted by molar-refractivity contribution is 7.88. The zero-order valence-electron chi connectivity index (χ0n) is 11.8. The Morgan fingerprint density at radius 3 is 2.53 bits per heavy atom. The summed E-state index contributed by atoms with van der Waals surface area (Å²) in [7, 11) is -0.149. The van der Waals surface area contributed by atoms with Crippen molar-refractivity contribution >= 4 is 10.0 Å². The lowest BCUT2D eigenvalue weighted by atomic mass is 10.2. The smallest absolute Gasteiger partial charge is 0.211 e. The van der Waals surface area contributed by atoms with E-state index in [0.29, 0.717) is 18.9 Å². The summed E-state index contributed by atoms with van der Waals surface area (Å²) >= 11 is 0.